The van der Waals surface area contributed by atoms with Gasteiger partial charge in [0.25, 0.3) is 5.56 Å². The Morgan fingerprint density at radius 2 is 1.92 bits per heavy atom. The second-order valence-electron chi connectivity index (χ2n) is 5.71. The third-order valence-electron chi connectivity index (χ3n) is 4.00. The number of thioether (sulfide) groups is 1. The van der Waals surface area contributed by atoms with Crippen molar-refractivity contribution in [3.05, 3.63) is 70.0 Å². The zero-order valence-electron chi connectivity index (χ0n) is 14.2. The van der Waals surface area contributed by atoms with Crippen molar-refractivity contribution in [2.24, 2.45) is 0 Å². The minimum atomic E-state index is -1.07. The van der Waals surface area contributed by atoms with Crippen LogP contribution in [0, 0.1) is 11.6 Å². The van der Waals surface area contributed by atoms with Crippen LogP contribution in [0.25, 0.3) is 10.9 Å². The number of halogens is 2. The van der Waals surface area contributed by atoms with E-state index in [4.69, 9.17) is 0 Å². The van der Waals surface area contributed by atoms with Crippen LogP contribution in [-0.4, -0.2) is 20.6 Å². The molecule has 7 heteroatoms. The number of fused-ring (bicyclic) bond motifs is 1. The van der Waals surface area contributed by atoms with E-state index in [1.165, 1.54) is 10.6 Å². The molecule has 3 rings (SSSR count). The van der Waals surface area contributed by atoms with Gasteiger partial charge in [0.2, 0.25) is 0 Å². The number of aromatic nitrogens is 2. The number of nitrogens with zero attached hydrogens (tertiary/aromatic N) is 2. The summed E-state index contributed by atoms with van der Waals surface area (Å²) in [5.41, 5.74) is 0.459. The van der Waals surface area contributed by atoms with Crippen molar-refractivity contribution < 1.29 is 13.6 Å². The van der Waals surface area contributed by atoms with Crippen LogP contribution in [0.15, 0.2) is 52.4 Å². The van der Waals surface area contributed by atoms with Crippen LogP contribution in [-0.2, 0) is 6.54 Å². The molecule has 0 radical (unpaired) electrons. The molecule has 0 aliphatic heterocycles. The fourth-order valence-corrected chi connectivity index (χ4v) is 3.66. The largest absolute Gasteiger partial charge is 0.293 e. The van der Waals surface area contributed by atoms with Crippen molar-refractivity contribution in [2.75, 3.05) is 0 Å². The number of carbonyl (C=O) groups excluding carboxylic acids is 1. The Kier molecular flexibility index (Phi) is 5.18. The Hall–Kier alpha value is -2.54. The molecule has 0 saturated carbocycles. The van der Waals surface area contributed by atoms with E-state index in [1.54, 1.807) is 31.2 Å². The molecular weight excluding hydrogens is 358 g/mol. The Morgan fingerprint density at radius 3 is 2.62 bits per heavy atom. The van der Waals surface area contributed by atoms with Crippen molar-refractivity contribution >= 4 is 28.4 Å². The maximum absolute atomic E-state index is 13.4. The third kappa shape index (κ3) is 3.39. The molecule has 0 saturated heterocycles. The van der Waals surface area contributed by atoms with Gasteiger partial charge >= 0.3 is 0 Å². The highest BCUT2D eigenvalue weighted by molar-refractivity contribution is 8.00. The Morgan fingerprint density at radius 1 is 1.19 bits per heavy atom. The number of rotatable bonds is 5. The number of Topliss-reactive ketones (excluding diaryl/α,β-unsaturated/α-hetero) is 1. The molecule has 1 atom stereocenters. The summed E-state index contributed by atoms with van der Waals surface area (Å²) in [6.45, 7) is 3.88. The molecule has 0 aliphatic rings. The molecule has 0 bridgehead atoms. The van der Waals surface area contributed by atoms with Crippen molar-refractivity contribution in [1.82, 2.24) is 9.55 Å². The minimum absolute atomic E-state index is 0.0788. The highest BCUT2D eigenvalue weighted by Crippen LogP contribution is 2.25. The number of hydrogen-bond donors (Lipinski definition) is 0. The number of hydrogen-bond acceptors (Lipinski definition) is 4. The van der Waals surface area contributed by atoms with Gasteiger partial charge in [-0.05, 0) is 44.2 Å². The van der Waals surface area contributed by atoms with Gasteiger partial charge in [-0.15, -0.1) is 0 Å². The molecule has 0 spiro atoms. The standard InChI is InChI=1S/C19H16F2N2O2S/c1-3-23-18(25)13-6-4-5-7-16(13)22-19(23)26-11(2)17(24)12-8-9-14(20)15(21)10-12/h4-11H,3H2,1-2H3. The summed E-state index contributed by atoms with van der Waals surface area (Å²) in [5.74, 6) is -2.43. The summed E-state index contributed by atoms with van der Waals surface area (Å²) in [5, 5.41) is 0.309. The summed E-state index contributed by atoms with van der Waals surface area (Å²) in [6, 6.07) is 10.1. The highest BCUT2D eigenvalue weighted by atomic mass is 32.2. The smallest absolute Gasteiger partial charge is 0.262 e. The zero-order valence-corrected chi connectivity index (χ0v) is 15.0. The van der Waals surface area contributed by atoms with E-state index in [0.29, 0.717) is 22.6 Å². The zero-order chi connectivity index (χ0) is 18.8. The molecule has 0 aliphatic carbocycles. The van der Waals surface area contributed by atoms with E-state index in [9.17, 15) is 18.4 Å². The number of para-hydroxylation sites is 1. The molecular formula is C19H16F2N2O2S. The molecule has 26 heavy (non-hydrogen) atoms. The molecule has 134 valence electrons. The van der Waals surface area contributed by atoms with Gasteiger partial charge in [0, 0.05) is 12.1 Å². The molecule has 2 aromatic carbocycles. The van der Waals surface area contributed by atoms with Crippen LogP contribution >= 0.6 is 11.8 Å². The molecule has 1 heterocycles. The quantitative estimate of drug-likeness (QED) is 0.384. The first-order chi connectivity index (χ1) is 12.4. The van der Waals surface area contributed by atoms with Crippen LogP contribution in [0.2, 0.25) is 0 Å². The van der Waals surface area contributed by atoms with Crippen molar-refractivity contribution in [1.29, 1.82) is 0 Å². The molecule has 1 aromatic heterocycles. The second kappa shape index (κ2) is 7.37. The predicted molar refractivity (Wildman–Crippen MR) is 97.7 cm³/mol. The van der Waals surface area contributed by atoms with E-state index >= 15 is 0 Å². The number of benzene rings is 2. The Balaban J connectivity index is 1.96. The van der Waals surface area contributed by atoms with E-state index in [2.05, 4.69) is 4.98 Å². The van der Waals surface area contributed by atoms with Gasteiger partial charge in [-0.25, -0.2) is 13.8 Å². The lowest BCUT2D eigenvalue weighted by atomic mass is 10.1. The van der Waals surface area contributed by atoms with Crippen LogP contribution in [0.3, 0.4) is 0 Å². The van der Waals surface area contributed by atoms with Crippen molar-refractivity contribution in [3.8, 4) is 0 Å². The lowest BCUT2D eigenvalue weighted by Gasteiger charge is -2.15. The van der Waals surface area contributed by atoms with Gasteiger partial charge < -0.3 is 0 Å². The van der Waals surface area contributed by atoms with E-state index in [1.807, 2.05) is 6.92 Å². The fraction of sp³-hybridized carbons (Fsp3) is 0.211. The summed E-state index contributed by atoms with van der Waals surface area (Å²) in [7, 11) is 0. The topological polar surface area (TPSA) is 52.0 Å². The monoisotopic (exact) mass is 374 g/mol. The average Bonchev–Trinajstić information content (AvgIpc) is 2.63. The maximum Gasteiger partial charge on any atom is 0.262 e. The van der Waals surface area contributed by atoms with Crippen LogP contribution < -0.4 is 5.56 Å². The fourth-order valence-electron chi connectivity index (χ4n) is 2.61. The predicted octanol–water partition coefficient (Wildman–Crippen LogP) is 4.06. The van der Waals surface area contributed by atoms with Crippen LogP contribution in [0.5, 0.6) is 0 Å². The molecule has 0 fully saturated rings. The van der Waals surface area contributed by atoms with Gasteiger partial charge in [-0.3, -0.25) is 14.2 Å². The molecule has 4 nitrogen and oxygen atoms in total. The van der Waals surface area contributed by atoms with Gasteiger partial charge in [0.05, 0.1) is 16.2 Å². The first-order valence-corrected chi connectivity index (χ1v) is 8.95. The maximum atomic E-state index is 13.4. The highest BCUT2D eigenvalue weighted by Gasteiger charge is 2.21. The summed E-state index contributed by atoms with van der Waals surface area (Å²) in [4.78, 5) is 29.6. The number of ketones is 1. The molecule has 0 N–H and O–H groups in total. The van der Waals surface area contributed by atoms with E-state index in [-0.39, 0.29) is 16.9 Å². The first-order valence-electron chi connectivity index (χ1n) is 8.08. The Labute approximate surface area is 152 Å². The average molecular weight is 374 g/mol. The number of carbonyl (C=O) groups is 1. The van der Waals surface area contributed by atoms with Gasteiger partial charge in [-0.1, -0.05) is 23.9 Å². The van der Waals surface area contributed by atoms with Crippen molar-refractivity contribution in [2.45, 2.75) is 30.8 Å². The van der Waals surface area contributed by atoms with Crippen molar-refractivity contribution in [3.63, 3.8) is 0 Å². The van der Waals surface area contributed by atoms with Gasteiger partial charge in [0.1, 0.15) is 0 Å². The molecule has 1 unspecified atom stereocenters. The Bertz CT molecular complexity index is 1050. The van der Waals surface area contributed by atoms with E-state index in [0.717, 1.165) is 23.9 Å². The normalized spacial score (nSPS) is 12.3. The first kappa shape index (κ1) is 18.3. The minimum Gasteiger partial charge on any atom is -0.293 e. The second-order valence-corrected chi connectivity index (χ2v) is 7.02. The lowest BCUT2D eigenvalue weighted by Crippen LogP contribution is -2.24. The summed E-state index contributed by atoms with van der Waals surface area (Å²) >= 11 is 1.12. The van der Waals surface area contributed by atoms with Crippen LogP contribution in [0.1, 0.15) is 24.2 Å². The van der Waals surface area contributed by atoms with E-state index < -0.39 is 16.9 Å². The van der Waals surface area contributed by atoms with Gasteiger partial charge in [0.15, 0.2) is 22.6 Å². The molecule has 3 aromatic rings. The summed E-state index contributed by atoms with van der Waals surface area (Å²) in [6.07, 6.45) is 0. The SMILES string of the molecule is CCn1c(SC(C)C(=O)c2ccc(F)c(F)c2)nc2ccccc2c1=O. The molecule has 0 amide bonds. The van der Waals surface area contributed by atoms with Gasteiger partial charge in [-0.2, -0.15) is 0 Å². The summed E-state index contributed by atoms with van der Waals surface area (Å²) < 4.78 is 27.9. The lowest BCUT2D eigenvalue weighted by molar-refractivity contribution is 0.0993. The van der Waals surface area contributed by atoms with Crippen LogP contribution in [0.4, 0.5) is 8.78 Å². The third-order valence-corrected chi connectivity index (χ3v) is 5.09.